The van der Waals surface area contributed by atoms with Crippen LogP contribution in [0.5, 0.6) is 0 Å². The molecule has 0 spiro atoms. The smallest absolute Gasteiger partial charge is 0.146 e. The number of hydrogen-bond donors (Lipinski definition) is 0. The summed E-state index contributed by atoms with van der Waals surface area (Å²) in [7, 11) is 7.24. The first-order chi connectivity index (χ1) is 6.33. The highest BCUT2D eigenvalue weighted by Crippen LogP contribution is 1.97. The molecule has 13 heavy (non-hydrogen) atoms. The maximum absolute atomic E-state index is 5.62. The molecule has 1 aromatic rings. The molecule has 0 bridgehead atoms. The monoisotopic (exact) mass is 176 g/mol. The summed E-state index contributed by atoms with van der Waals surface area (Å²) in [5.74, 6) is 0. The summed E-state index contributed by atoms with van der Waals surface area (Å²) < 4.78 is 9.92. The summed E-state index contributed by atoms with van der Waals surface area (Å²) >= 11 is 0. The lowest BCUT2D eigenvalue weighted by Crippen LogP contribution is -2.05. The van der Waals surface area contributed by atoms with Gasteiger partial charge in [-0.05, 0) is 12.0 Å². The van der Waals surface area contributed by atoms with Gasteiger partial charge in [-0.15, -0.1) is 0 Å². The molecule has 0 aliphatic carbocycles. The number of ether oxygens (including phenoxy) is 2. The van der Waals surface area contributed by atoms with Crippen molar-refractivity contribution in [3.05, 3.63) is 29.8 Å². The van der Waals surface area contributed by atoms with E-state index in [-0.39, 0.29) is 0 Å². The van der Waals surface area contributed by atoms with E-state index in [1.165, 1.54) is 5.56 Å². The second-order valence-electron chi connectivity index (χ2n) is 2.81. The van der Waals surface area contributed by atoms with Crippen LogP contribution < -0.4 is 5.46 Å². The SMILES string of the molecule is [B]c1cccc(CCOCOC)c1. The zero-order valence-electron chi connectivity index (χ0n) is 7.82. The van der Waals surface area contributed by atoms with E-state index in [2.05, 4.69) is 0 Å². The minimum atomic E-state index is 0.350. The highest BCUT2D eigenvalue weighted by molar-refractivity contribution is 6.32. The molecule has 0 saturated carbocycles. The Hall–Kier alpha value is -0.795. The maximum atomic E-state index is 5.62. The van der Waals surface area contributed by atoms with Gasteiger partial charge in [0, 0.05) is 7.11 Å². The Kier molecular flexibility index (Phi) is 4.58. The Bertz CT molecular complexity index is 250. The summed E-state index contributed by atoms with van der Waals surface area (Å²) in [6, 6.07) is 7.81. The molecular formula is C10H13BO2. The standard InChI is InChI=1S/C10H13BO2/c1-12-8-13-6-5-9-3-2-4-10(11)7-9/h2-4,7H,5-6,8H2,1H3. The van der Waals surface area contributed by atoms with Crippen LogP contribution in [0, 0.1) is 0 Å². The van der Waals surface area contributed by atoms with E-state index < -0.39 is 0 Å². The van der Waals surface area contributed by atoms with Crippen molar-refractivity contribution in [2.75, 3.05) is 20.5 Å². The van der Waals surface area contributed by atoms with Gasteiger partial charge in [-0.3, -0.25) is 0 Å². The highest BCUT2D eigenvalue weighted by Gasteiger charge is 1.92. The highest BCUT2D eigenvalue weighted by atomic mass is 16.7. The molecule has 0 atom stereocenters. The van der Waals surface area contributed by atoms with Crippen LogP contribution >= 0.6 is 0 Å². The number of benzene rings is 1. The van der Waals surface area contributed by atoms with Gasteiger partial charge in [-0.2, -0.15) is 0 Å². The van der Waals surface area contributed by atoms with Crippen LogP contribution in [0.1, 0.15) is 5.56 Å². The van der Waals surface area contributed by atoms with Gasteiger partial charge in [-0.25, -0.2) is 0 Å². The number of hydrogen-bond acceptors (Lipinski definition) is 2. The van der Waals surface area contributed by atoms with E-state index >= 15 is 0 Å². The molecule has 3 heteroatoms. The van der Waals surface area contributed by atoms with E-state index in [1.54, 1.807) is 7.11 Å². The summed E-state index contributed by atoms with van der Waals surface area (Å²) in [6.07, 6.45) is 0.869. The Balaban J connectivity index is 2.28. The average Bonchev–Trinajstić information content (AvgIpc) is 2.13. The van der Waals surface area contributed by atoms with Gasteiger partial charge in [-0.1, -0.05) is 29.7 Å². The van der Waals surface area contributed by atoms with Gasteiger partial charge in [0.1, 0.15) is 14.6 Å². The van der Waals surface area contributed by atoms with Crippen LogP contribution in [-0.4, -0.2) is 28.4 Å². The van der Waals surface area contributed by atoms with Crippen molar-refractivity contribution in [1.29, 1.82) is 0 Å². The van der Waals surface area contributed by atoms with Crippen LogP contribution in [0.25, 0.3) is 0 Å². The van der Waals surface area contributed by atoms with E-state index in [9.17, 15) is 0 Å². The third kappa shape index (κ3) is 4.11. The van der Waals surface area contributed by atoms with Crippen molar-refractivity contribution in [1.82, 2.24) is 0 Å². The molecule has 0 saturated heterocycles. The molecule has 2 radical (unpaired) electrons. The lowest BCUT2D eigenvalue weighted by molar-refractivity contribution is -0.0291. The molecule has 0 aliphatic heterocycles. The summed E-state index contributed by atoms with van der Waals surface area (Å²) in [5, 5.41) is 0. The van der Waals surface area contributed by atoms with Gasteiger partial charge in [0.15, 0.2) is 0 Å². The fourth-order valence-electron chi connectivity index (χ4n) is 1.08. The molecule has 0 fully saturated rings. The normalized spacial score (nSPS) is 10.2. The fourth-order valence-corrected chi connectivity index (χ4v) is 1.08. The zero-order valence-corrected chi connectivity index (χ0v) is 7.82. The number of rotatable bonds is 5. The Morgan fingerprint density at radius 3 is 2.92 bits per heavy atom. The molecule has 0 unspecified atom stereocenters. The topological polar surface area (TPSA) is 18.5 Å². The third-order valence-corrected chi connectivity index (χ3v) is 1.69. The van der Waals surface area contributed by atoms with Crippen molar-refractivity contribution in [3.63, 3.8) is 0 Å². The van der Waals surface area contributed by atoms with E-state index in [1.807, 2.05) is 24.3 Å². The van der Waals surface area contributed by atoms with Crippen molar-refractivity contribution < 1.29 is 9.47 Å². The molecule has 68 valence electrons. The van der Waals surface area contributed by atoms with Crippen LogP contribution in [0.3, 0.4) is 0 Å². The molecule has 0 aliphatic rings. The minimum absolute atomic E-state index is 0.350. The van der Waals surface area contributed by atoms with E-state index in [0.29, 0.717) is 13.4 Å². The van der Waals surface area contributed by atoms with Crippen molar-refractivity contribution >= 4 is 13.3 Å². The molecular weight excluding hydrogens is 163 g/mol. The Morgan fingerprint density at radius 1 is 1.38 bits per heavy atom. The first-order valence-corrected chi connectivity index (χ1v) is 4.24. The van der Waals surface area contributed by atoms with Crippen molar-refractivity contribution in [3.8, 4) is 0 Å². The van der Waals surface area contributed by atoms with Crippen LogP contribution in [0.2, 0.25) is 0 Å². The fraction of sp³-hybridized carbons (Fsp3) is 0.400. The van der Waals surface area contributed by atoms with Gasteiger partial charge in [0.2, 0.25) is 0 Å². The first-order valence-electron chi connectivity index (χ1n) is 4.24. The quantitative estimate of drug-likeness (QED) is 0.372. The molecule has 1 rings (SSSR count). The third-order valence-electron chi connectivity index (χ3n) is 1.69. The predicted molar refractivity (Wildman–Crippen MR) is 53.4 cm³/mol. The summed E-state index contributed by atoms with van der Waals surface area (Å²) in [4.78, 5) is 0. The lowest BCUT2D eigenvalue weighted by Gasteiger charge is -2.03. The zero-order chi connectivity index (χ0) is 9.52. The molecule has 0 amide bonds. The van der Waals surface area contributed by atoms with Crippen LogP contribution in [0.15, 0.2) is 24.3 Å². The van der Waals surface area contributed by atoms with Gasteiger partial charge in [0.05, 0.1) is 6.61 Å². The molecule has 0 aromatic heterocycles. The summed E-state index contributed by atoms with van der Waals surface area (Å²) in [6.45, 7) is 1.01. The van der Waals surface area contributed by atoms with Crippen LogP contribution in [-0.2, 0) is 15.9 Å². The van der Waals surface area contributed by atoms with Crippen molar-refractivity contribution in [2.24, 2.45) is 0 Å². The van der Waals surface area contributed by atoms with E-state index in [0.717, 1.165) is 11.9 Å². The van der Waals surface area contributed by atoms with Gasteiger partial charge in [0.25, 0.3) is 0 Å². The largest absolute Gasteiger partial charge is 0.359 e. The first kappa shape index (κ1) is 10.3. The molecule has 2 nitrogen and oxygen atoms in total. The predicted octanol–water partition coefficient (Wildman–Crippen LogP) is 0.643. The molecule has 1 aromatic carbocycles. The molecule has 0 heterocycles. The van der Waals surface area contributed by atoms with E-state index in [4.69, 9.17) is 17.3 Å². The lowest BCUT2D eigenvalue weighted by atomic mass is 9.94. The number of methoxy groups -OCH3 is 1. The molecule has 0 N–H and O–H groups in total. The van der Waals surface area contributed by atoms with Gasteiger partial charge >= 0.3 is 0 Å². The van der Waals surface area contributed by atoms with Gasteiger partial charge < -0.3 is 9.47 Å². The summed E-state index contributed by atoms with van der Waals surface area (Å²) in [5.41, 5.74) is 1.99. The average molecular weight is 176 g/mol. The maximum Gasteiger partial charge on any atom is 0.146 e. The Morgan fingerprint density at radius 2 is 2.23 bits per heavy atom. The van der Waals surface area contributed by atoms with Crippen molar-refractivity contribution in [2.45, 2.75) is 6.42 Å². The second-order valence-corrected chi connectivity index (χ2v) is 2.81. The van der Waals surface area contributed by atoms with Crippen LogP contribution in [0.4, 0.5) is 0 Å². The second kappa shape index (κ2) is 5.78. The minimum Gasteiger partial charge on any atom is -0.359 e. The Labute approximate surface area is 80.3 Å².